The molecule has 4 heterocycles. The van der Waals surface area contributed by atoms with E-state index in [0.29, 0.717) is 0 Å². The first kappa shape index (κ1) is 29.2. The summed E-state index contributed by atoms with van der Waals surface area (Å²) in [7, 11) is 0. The minimum Gasteiger partial charge on any atom is -0.269 e. The summed E-state index contributed by atoms with van der Waals surface area (Å²) in [6.45, 7) is 17.9. The van der Waals surface area contributed by atoms with E-state index in [1.165, 1.54) is 0 Å². The SMILES string of the molecule is CC1(C)N=C(c2cccc(-c3c4ccccc4c(-c4cccc(C5=NC(C)(C)C(C)(C)S5)n4)c4ccccc34)n2)SC1(C)C. The Morgan fingerprint density at radius 2 is 0.727 bits per heavy atom. The van der Waals surface area contributed by atoms with E-state index in [9.17, 15) is 0 Å². The third-order valence-corrected chi connectivity index (χ3v) is 12.8. The van der Waals surface area contributed by atoms with Crippen molar-refractivity contribution in [3.05, 3.63) is 96.3 Å². The van der Waals surface area contributed by atoms with E-state index in [2.05, 4.69) is 140 Å². The molecule has 5 aromatic rings. The van der Waals surface area contributed by atoms with Gasteiger partial charge in [-0.3, -0.25) is 9.98 Å². The smallest absolute Gasteiger partial charge is 0.117 e. The van der Waals surface area contributed by atoms with Crippen LogP contribution in [-0.2, 0) is 0 Å². The zero-order chi connectivity index (χ0) is 31.1. The highest BCUT2D eigenvalue weighted by atomic mass is 32.2. The molecule has 2 aromatic heterocycles. The molecule has 6 heteroatoms. The molecular formula is C38H38N4S2. The summed E-state index contributed by atoms with van der Waals surface area (Å²) in [5.74, 6) is 0. The highest BCUT2D eigenvalue weighted by Crippen LogP contribution is 2.48. The summed E-state index contributed by atoms with van der Waals surface area (Å²) < 4.78 is -0.00660. The number of aliphatic imine (C=N–C) groups is 2. The van der Waals surface area contributed by atoms with Gasteiger partial charge in [0.25, 0.3) is 0 Å². The second-order valence-corrected chi connectivity index (χ2v) is 17.1. The van der Waals surface area contributed by atoms with Crippen LogP contribution in [0.25, 0.3) is 44.1 Å². The van der Waals surface area contributed by atoms with Crippen molar-refractivity contribution >= 4 is 55.2 Å². The molecule has 0 bridgehead atoms. The van der Waals surface area contributed by atoms with Crippen LogP contribution in [0.15, 0.2) is 94.9 Å². The lowest BCUT2D eigenvalue weighted by Crippen LogP contribution is -2.36. The minimum absolute atomic E-state index is 0.00330. The summed E-state index contributed by atoms with van der Waals surface area (Å²) in [5, 5.41) is 6.66. The quantitative estimate of drug-likeness (QED) is 0.189. The normalized spacial score (nSPS) is 19.7. The maximum absolute atomic E-state index is 5.27. The van der Waals surface area contributed by atoms with Crippen LogP contribution in [0.5, 0.6) is 0 Å². The molecule has 0 N–H and O–H groups in total. The number of rotatable bonds is 4. The Bertz CT molecular complexity index is 1830. The van der Waals surface area contributed by atoms with Crippen LogP contribution < -0.4 is 0 Å². The Labute approximate surface area is 268 Å². The van der Waals surface area contributed by atoms with Crippen molar-refractivity contribution in [1.29, 1.82) is 0 Å². The molecule has 0 amide bonds. The number of pyridine rings is 2. The van der Waals surface area contributed by atoms with E-state index in [1.807, 2.05) is 23.5 Å². The first-order valence-corrected chi connectivity index (χ1v) is 16.9. The number of thioether (sulfide) groups is 2. The molecule has 222 valence electrons. The molecule has 0 fully saturated rings. The maximum Gasteiger partial charge on any atom is 0.117 e. The second-order valence-electron chi connectivity index (χ2n) is 13.8. The molecule has 7 rings (SSSR count). The number of benzene rings is 3. The summed E-state index contributed by atoms with van der Waals surface area (Å²) in [5.41, 5.74) is 5.71. The van der Waals surface area contributed by atoms with Crippen LogP contribution >= 0.6 is 23.5 Å². The fraction of sp³-hybridized carbons (Fsp3) is 0.316. The molecule has 0 unspecified atom stereocenters. The Kier molecular flexibility index (Phi) is 6.66. The molecule has 0 radical (unpaired) electrons. The average Bonchev–Trinajstić information content (AvgIpc) is 3.35. The first-order chi connectivity index (χ1) is 20.8. The summed E-state index contributed by atoms with van der Waals surface area (Å²) in [4.78, 5) is 20.8. The summed E-state index contributed by atoms with van der Waals surface area (Å²) in [6.07, 6.45) is 0. The van der Waals surface area contributed by atoms with Crippen molar-refractivity contribution < 1.29 is 0 Å². The van der Waals surface area contributed by atoms with Crippen LogP contribution in [-0.4, -0.2) is 40.6 Å². The van der Waals surface area contributed by atoms with E-state index in [0.717, 1.165) is 65.5 Å². The van der Waals surface area contributed by atoms with E-state index >= 15 is 0 Å². The van der Waals surface area contributed by atoms with Gasteiger partial charge in [-0.25, -0.2) is 9.97 Å². The summed E-state index contributed by atoms with van der Waals surface area (Å²) >= 11 is 3.64. The van der Waals surface area contributed by atoms with Crippen molar-refractivity contribution in [2.24, 2.45) is 9.98 Å². The largest absolute Gasteiger partial charge is 0.269 e. The molecule has 2 aliphatic heterocycles. The number of hydrogen-bond acceptors (Lipinski definition) is 6. The maximum atomic E-state index is 5.27. The molecule has 0 saturated carbocycles. The van der Waals surface area contributed by atoms with Crippen molar-refractivity contribution in [2.75, 3.05) is 0 Å². The molecule has 2 aliphatic rings. The van der Waals surface area contributed by atoms with Gasteiger partial charge in [-0.2, -0.15) is 0 Å². The average molecular weight is 615 g/mol. The predicted octanol–water partition coefficient (Wildman–Crippen LogP) is 10.2. The van der Waals surface area contributed by atoms with Gasteiger partial charge in [0.2, 0.25) is 0 Å². The summed E-state index contributed by atoms with van der Waals surface area (Å²) in [6, 6.07) is 30.0. The fourth-order valence-corrected chi connectivity index (χ4v) is 8.38. The van der Waals surface area contributed by atoms with Crippen molar-refractivity contribution in [3.63, 3.8) is 0 Å². The Hall–Kier alpha value is -3.48. The topological polar surface area (TPSA) is 50.5 Å². The van der Waals surface area contributed by atoms with Gasteiger partial charge >= 0.3 is 0 Å². The zero-order valence-electron chi connectivity index (χ0n) is 26.7. The van der Waals surface area contributed by atoms with E-state index < -0.39 is 0 Å². The van der Waals surface area contributed by atoms with Gasteiger partial charge in [-0.1, -0.05) is 84.2 Å². The highest BCUT2D eigenvalue weighted by Gasteiger charge is 2.45. The van der Waals surface area contributed by atoms with Gasteiger partial charge in [0.05, 0.1) is 33.9 Å². The lowest BCUT2D eigenvalue weighted by molar-refractivity contribution is 0.426. The molecule has 0 spiro atoms. The van der Waals surface area contributed by atoms with Gasteiger partial charge in [0, 0.05) is 20.6 Å². The third kappa shape index (κ3) is 4.60. The van der Waals surface area contributed by atoms with Crippen LogP contribution in [0.2, 0.25) is 0 Å². The molecule has 0 aliphatic carbocycles. The molecule has 4 nitrogen and oxygen atoms in total. The standard InChI is InChI=1S/C38H38N4S2/c1-35(2)37(5,6)43-33(41-35)29-21-13-19-27(39-29)31-23-15-9-11-17-25(23)32(26-18-12-10-16-24(26)31)28-20-14-22-30(40-28)34-42-36(3,4)38(7,8)44-34/h9-22H,1-8H3. The molecule has 3 aromatic carbocycles. The van der Waals surface area contributed by atoms with E-state index in [1.54, 1.807) is 0 Å². The van der Waals surface area contributed by atoms with Gasteiger partial charge in [0.1, 0.15) is 10.1 Å². The van der Waals surface area contributed by atoms with Gasteiger partial charge in [-0.15, -0.1) is 0 Å². The highest BCUT2D eigenvalue weighted by molar-refractivity contribution is 8.16. The monoisotopic (exact) mass is 614 g/mol. The van der Waals surface area contributed by atoms with Crippen molar-refractivity contribution in [3.8, 4) is 22.5 Å². The fourth-order valence-electron chi connectivity index (χ4n) is 5.84. The molecule has 0 atom stereocenters. The number of fused-ring (bicyclic) bond motifs is 2. The van der Waals surface area contributed by atoms with Crippen molar-refractivity contribution in [2.45, 2.75) is 76.0 Å². The zero-order valence-corrected chi connectivity index (χ0v) is 28.3. The van der Waals surface area contributed by atoms with Gasteiger partial charge in [-0.05, 0) is 101 Å². The van der Waals surface area contributed by atoms with E-state index in [-0.39, 0.29) is 20.6 Å². The van der Waals surface area contributed by atoms with Crippen molar-refractivity contribution in [1.82, 2.24) is 9.97 Å². The van der Waals surface area contributed by atoms with E-state index in [4.69, 9.17) is 20.0 Å². The van der Waals surface area contributed by atoms with Crippen LogP contribution in [0.4, 0.5) is 0 Å². The Morgan fingerprint density at radius 1 is 0.409 bits per heavy atom. The van der Waals surface area contributed by atoms with Gasteiger partial charge < -0.3 is 0 Å². The third-order valence-electron chi connectivity index (χ3n) is 9.79. The first-order valence-electron chi connectivity index (χ1n) is 15.2. The van der Waals surface area contributed by atoms with Crippen LogP contribution in [0, 0.1) is 0 Å². The number of hydrogen-bond donors (Lipinski definition) is 0. The molecule has 44 heavy (non-hydrogen) atoms. The second kappa shape index (κ2) is 10.0. The Morgan fingerprint density at radius 3 is 1.02 bits per heavy atom. The minimum atomic E-state index is -0.165. The predicted molar refractivity (Wildman–Crippen MR) is 192 cm³/mol. The lowest BCUT2D eigenvalue weighted by Gasteiger charge is -2.30. The van der Waals surface area contributed by atoms with Gasteiger partial charge in [0.15, 0.2) is 0 Å². The van der Waals surface area contributed by atoms with Crippen LogP contribution in [0.3, 0.4) is 0 Å². The lowest BCUT2D eigenvalue weighted by atomic mass is 9.88. The molecule has 0 saturated heterocycles. The molecular weight excluding hydrogens is 577 g/mol. The Balaban J connectivity index is 1.43. The number of nitrogens with zero attached hydrogens (tertiary/aromatic N) is 4. The van der Waals surface area contributed by atoms with Crippen LogP contribution in [0.1, 0.15) is 66.8 Å². The number of aromatic nitrogens is 2.